The van der Waals surface area contributed by atoms with Gasteiger partial charge in [-0.15, -0.1) is 0 Å². The molecule has 1 aromatic carbocycles. The van der Waals surface area contributed by atoms with Crippen molar-refractivity contribution < 1.29 is 0 Å². The Balaban J connectivity index is 2.20. The van der Waals surface area contributed by atoms with Crippen LogP contribution < -0.4 is 0 Å². The van der Waals surface area contributed by atoms with Crippen molar-refractivity contribution >= 4 is 0 Å². The van der Waals surface area contributed by atoms with Crippen molar-refractivity contribution in [3.05, 3.63) is 34.4 Å². The third-order valence-electron chi connectivity index (χ3n) is 5.16. The van der Waals surface area contributed by atoms with E-state index in [0.29, 0.717) is 0 Å². The molecule has 1 saturated carbocycles. The Morgan fingerprint density at radius 1 is 1.06 bits per heavy atom. The minimum absolute atomic E-state index is 0.728. The van der Waals surface area contributed by atoms with Crippen LogP contribution in [-0.2, 0) is 0 Å². The molecule has 0 aromatic heterocycles. The zero-order valence-corrected chi connectivity index (χ0v) is 12.7. The SMILES string of the molecule is Cc1cc([C@@H](C)C2CCC[C@@H](C)C2)cc(C)c1C. The summed E-state index contributed by atoms with van der Waals surface area (Å²) in [5.74, 6) is 2.56. The van der Waals surface area contributed by atoms with Gasteiger partial charge in [0.15, 0.2) is 0 Å². The molecule has 0 N–H and O–H groups in total. The van der Waals surface area contributed by atoms with Crippen molar-refractivity contribution in [3.8, 4) is 0 Å². The van der Waals surface area contributed by atoms with Crippen LogP contribution in [-0.4, -0.2) is 0 Å². The van der Waals surface area contributed by atoms with Crippen LogP contribution in [0.3, 0.4) is 0 Å². The summed E-state index contributed by atoms with van der Waals surface area (Å²) in [4.78, 5) is 0. The van der Waals surface area contributed by atoms with E-state index in [2.05, 4.69) is 46.8 Å². The highest BCUT2D eigenvalue weighted by atomic mass is 14.3. The molecule has 100 valence electrons. The van der Waals surface area contributed by atoms with E-state index in [1.54, 1.807) is 5.56 Å². The van der Waals surface area contributed by atoms with Gasteiger partial charge in [-0.3, -0.25) is 0 Å². The number of hydrogen-bond acceptors (Lipinski definition) is 0. The number of hydrogen-bond donors (Lipinski definition) is 0. The molecular formula is C18H28. The van der Waals surface area contributed by atoms with Crippen molar-refractivity contribution in [2.75, 3.05) is 0 Å². The van der Waals surface area contributed by atoms with Crippen LogP contribution in [0.15, 0.2) is 12.1 Å². The summed E-state index contributed by atoms with van der Waals surface area (Å²) in [7, 11) is 0. The molecule has 3 atom stereocenters. The molecule has 1 aliphatic rings. The van der Waals surface area contributed by atoms with Crippen LogP contribution in [0.2, 0.25) is 0 Å². The van der Waals surface area contributed by atoms with E-state index in [-0.39, 0.29) is 0 Å². The Hall–Kier alpha value is -0.780. The zero-order chi connectivity index (χ0) is 13.3. The van der Waals surface area contributed by atoms with Gasteiger partial charge in [0.1, 0.15) is 0 Å². The molecule has 0 radical (unpaired) electrons. The number of rotatable bonds is 2. The summed E-state index contributed by atoms with van der Waals surface area (Å²) in [6.45, 7) is 11.6. The molecule has 0 nitrogen and oxygen atoms in total. The Bertz CT molecular complexity index is 393. The first-order valence-electron chi connectivity index (χ1n) is 7.56. The fraction of sp³-hybridized carbons (Fsp3) is 0.667. The summed E-state index contributed by atoms with van der Waals surface area (Å²) < 4.78 is 0. The van der Waals surface area contributed by atoms with Crippen molar-refractivity contribution in [1.29, 1.82) is 0 Å². The Morgan fingerprint density at radius 2 is 1.67 bits per heavy atom. The number of aryl methyl sites for hydroxylation is 2. The standard InChI is InChI=1S/C18H28/c1-12-7-6-8-17(9-12)16(5)18-10-13(2)15(4)14(3)11-18/h10-12,16-17H,6-9H2,1-5H3/t12-,16+,17?/m1/s1. The molecule has 18 heavy (non-hydrogen) atoms. The van der Waals surface area contributed by atoms with Crippen LogP contribution >= 0.6 is 0 Å². The smallest absolute Gasteiger partial charge is 0.0162 e. The molecule has 1 aromatic rings. The topological polar surface area (TPSA) is 0 Å². The fourth-order valence-electron chi connectivity index (χ4n) is 3.54. The van der Waals surface area contributed by atoms with E-state index < -0.39 is 0 Å². The second kappa shape index (κ2) is 5.47. The quantitative estimate of drug-likeness (QED) is 0.640. The summed E-state index contributed by atoms with van der Waals surface area (Å²) in [6.07, 6.45) is 5.72. The van der Waals surface area contributed by atoms with Gasteiger partial charge in [-0.1, -0.05) is 38.8 Å². The van der Waals surface area contributed by atoms with Crippen molar-refractivity contribution in [2.45, 2.75) is 66.2 Å². The van der Waals surface area contributed by atoms with Gasteiger partial charge in [0.05, 0.1) is 0 Å². The second-order valence-corrected chi connectivity index (χ2v) is 6.60. The molecule has 0 saturated heterocycles. The molecule has 0 heterocycles. The molecule has 0 heteroatoms. The van der Waals surface area contributed by atoms with Gasteiger partial charge in [-0.05, 0) is 73.6 Å². The lowest BCUT2D eigenvalue weighted by atomic mass is 9.73. The lowest BCUT2D eigenvalue weighted by molar-refractivity contribution is 0.253. The molecule has 0 spiro atoms. The third-order valence-corrected chi connectivity index (χ3v) is 5.16. The van der Waals surface area contributed by atoms with Crippen LogP contribution in [0.1, 0.15) is 67.7 Å². The first-order valence-corrected chi connectivity index (χ1v) is 7.56. The van der Waals surface area contributed by atoms with Gasteiger partial charge >= 0.3 is 0 Å². The predicted octanol–water partition coefficient (Wildman–Crippen LogP) is 5.54. The molecular weight excluding hydrogens is 216 g/mol. The average molecular weight is 244 g/mol. The van der Waals surface area contributed by atoms with E-state index in [9.17, 15) is 0 Å². The summed E-state index contributed by atoms with van der Waals surface area (Å²) >= 11 is 0. The summed E-state index contributed by atoms with van der Waals surface area (Å²) in [6, 6.07) is 4.85. The minimum Gasteiger partial charge on any atom is -0.0625 e. The summed E-state index contributed by atoms with van der Waals surface area (Å²) in [5.41, 5.74) is 5.94. The minimum atomic E-state index is 0.728. The zero-order valence-electron chi connectivity index (χ0n) is 12.7. The fourth-order valence-corrected chi connectivity index (χ4v) is 3.54. The number of benzene rings is 1. The highest BCUT2D eigenvalue weighted by Crippen LogP contribution is 2.38. The first kappa shape index (κ1) is 13.6. The van der Waals surface area contributed by atoms with E-state index in [1.165, 1.54) is 42.4 Å². The Morgan fingerprint density at radius 3 is 2.22 bits per heavy atom. The monoisotopic (exact) mass is 244 g/mol. The largest absolute Gasteiger partial charge is 0.0625 e. The van der Waals surface area contributed by atoms with E-state index in [0.717, 1.165) is 17.8 Å². The average Bonchev–Trinajstić information content (AvgIpc) is 2.34. The van der Waals surface area contributed by atoms with Crippen molar-refractivity contribution in [3.63, 3.8) is 0 Å². The van der Waals surface area contributed by atoms with Gasteiger partial charge in [0.25, 0.3) is 0 Å². The van der Waals surface area contributed by atoms with E-state index in [1.807, 2.05) is 0 Å². The molecule has 0 bridgehead atoms. The highest BCUT2D eigenvalue weighted by molar-refractivity contribution is 5.38. The van der Waals surface area contributed by atoms with Gasteiger partial charge < -0.3 is 0 Å². The highest BCUT2D eigenvalue weighted by Gasteiger charge is 2.25. The molecule has 2 rings (SSSR count). The summed E-state index contributed by atoms with van der Waals surface area (Å²) in [5, 5.41) is 0. The van der Waals surface area contributed by atoms with Crippen LogP contribution in [0, 0.1) is 32.6 Å². The molecule has 1 aliphatic carbocycles. The second-order valence-electron chi connectivity index (χ2n) is 6.60. The maximum Gasteiger partial charge on any atom is -0.0162 e. The van der Waals surface area contributed by atoms with Gasteiger partial charge in [-0.25, -0.2) is 0 Å². The Kier molecular flexibility index (Phi) is 4.14. The maximum absolute atomic E-state index is 2.44. The maximum atomic E-state index is 2.44. The van der Waals surface area contributed by atoms with Crippen LogP contribution in [0.4, 0.5) is 0 Å². The van der Waals surface area contributed by atoms with Gasteiger partial charge in [-0.2, -0.15) is 0 Å². The predicted molar refractivity (Wildman–Crippen MR) is 80.2 cm³/mol. The van der Waals surface area contributed by atoms with Crippen molar-refractivity contribution in [2.24, 2.45) is 11.8 Å². The normalized spacial score (nSPS) is 26.1. The van der Waals surface area contributed by atoms with E-state index in [4.69, 9.17) is 0 Å². The first-order chi connectivity index (χ1) is 8.49. The van der Waals surface area contributed by atoms with Crippen molar-refractivity contribution in [1.82, 2.24) is 0 Å². The van der Waals surface area contributed by atoms with Gasteiger partial charge in [0.2, 0.25) is 0 Å². The van der Waals surface area contributed by atoms with Crippen LogP contribution in [0.5, 0.6) is 0 Å². The third kappa shape index (κ3) is 2.79. The van der Waals surface area contributed by atoms with Gasteiger partial charge in [0, 0.05) is 0 Å². The van der Waals surface area contributed by atoms with E-state index >= 15 is 0 Å². The lowest BCUT2D eigenvalue weighted by Crippen LogP contribution is -2.19. The molecule has 0 amide bonds. The molecule has 1 fully saturated rings. The lowest BCUT2D eigenvalue weighted by Gasteiger charge is -2.32. The Labute approximate surface area is 113 Å². The molecule has 1 unspecified atom stereocenters. The molecule has 0 aliphatic heterocycles. The van der Waals surface area contributed by atoms with Crippen LogP contribution in [0.25, 0.3) is 0 Å².